The average molecular weight is 351 g/mol. The molecule has 2 atom stereocenters. The van der Waals surface area contributed by atoms with Crippen molar-refractivity contribution in [3.8, 4) is 0 Å². The van der Waals surface area contributed by atoms with E-state index in [0.29, 0.717) is 17.5 Å². The minimum absolute atomic E-state index is 0.325. The standard InChI is InChI=1S/C24H34N2/c1-17-22-11-5-4-9-20(22)15-23(17)18(2)25-19(3)26-21-10-8-14-24(16-21)12-6-7-13-24/h4-5,9,11,18,21,25-26H,3,6-8,10,12-16H2,1-2H3/t18-,21?/m0/s1. The molecule has 0 radical (unpaired) electrons. The zero-order valence-corrected chi connectivity index (χ0v) is 16.5. The van der Waals surface area contributed by atoms with Crippen LogP contribution in [0.15, 0.2) is 42.2 Å². The monoisotopic (exact) mass is 350 g/mol. The van der Waals surface area contributed by atoms with E-state index < -0.39 is 0 Å². The lowest BCUT2D eigenvalue weighted by atomic mass is 9.71. The first kappa shape index (κ1) is 17.7. The van der Waals surface area contributed by atoms with Crippen molar-refractivity contribution in [3.05, 3.63) is 53.4 Å². The fourth-order valence-electron chi connectivity index (χ4n) is 5.82. The second-order valence-corrected chi connectivity index (χ2v) is 8.97. The number of hydrogen-bond donors (Lipinski definition) is 2. The Morgan fingerprint density at radius 3 is 2.65 bits per heavy atom. The molecule has 1 aromatic rings. The van der Waals surface area contributed by atoms with Gasteiger partial charge in [-0.1, -0.05) is 50.1 Å². The van der Waals surface area contributed by atoms with Gasteiger partial charge in [-0.2, -0.15) is 0 Å². The summed E-state index contributed by atoms with van der Waals surface area (Å²) >= 11 is 0. The Morgan fingerprint density at radius 1 is 1.15 bits per heavy atom. The van der Waals surface area contributed by atoms with E-state index >= 15 is 0 Å². The van der Waals surface area contributed by atoms with Crippen molar-refractivity contribution >= 4 is 5.57 Å². The van der Waals surface area contributed by atoms with Crippen LogP contribution in [-0.4, -0.2) is 12.1 Å². The summed E-state index contributed by atoms with van der Waals surface area (Å²) in [6.45, 7) is 8.84. The molecule has 140 valence electrons. The van der Waals surface area contributed by atoms with Crippen molar-refractivity contribution < 1.29 is 0 Å². The van der Waals surface area contributed by atoms with Crippen molar-refractivity contribution in [2.45, 2.75) is 83.7 Å². The molecule has 0 heterocycles. The quantitative estimate of drug-likeness (QED) is 0.726. The second kappa shape index (κ2) is 7.13. The van der Waals surface area contributed by atoms with Crippen molar-refractivity contribution in [1.29, 1.82) is 0 Å². The van der Waals surface area contributed by atoms with Crippen molar-refractivity contribution in [2.75, 3.05) is 0 Å². The third-order valence-electron chi connectivity index (χ3n) is 7.18. The van der Waals surface area contributed by atoms with Crippen LogP contribution in [0.3, 0.4) is 0 Å². The molecule has 0 aliphatic heterocycles. The topological polar surface area (TPSA) is 24.1 Å². The summed E-state index contributed by atoms with van der Waals surface area (Å²) in [6.07, 6.45) is 12.3. The number of hydrogen-bond acceptors (Lipinski definition) is 2. The van der Waals surface area contributed by atoms with Gasteiger partial charge in [0.25, 0.3) is 0 Å². The van der Waals surface area contributed by atoms with E-state index in [1.54, 1.807) is 0 Å². The van der Waals surface area contributed by atoms with Crippen LogP contribution >= 0.6 is 0 Å². The second-order valence-electron chi connectivity index (χ2n) is 8.97. The average Bonchev–Trinajstić information content (AvgIpc) is 3.20. The van der Waals surface area contributed by atoms with E-state index in [1.807, 2.05) is 0 Å². The van der Waals surface area contributed by atoms with Gasteiger partial charge in [0.2, 0.25) is 0 Å². The Balaban J connectivity index is 1.34. The zero-order valence-electron chi connectivity index (χ0n) is 16.5. The maximum Gasteiger partial charge on any atom is 0.0919 e. The van der Waals surface area contributed by atoms with Crippen molar-refractivity contribution in [3.63, 3.8) is 0 Å². The Labute approximate surface area is 159 Å². The highest BCUT2D eigenvalue weighted by molar-refractivity contribution is 5.75. The normalized spacial score (nSPS) is 25.2. The molecule has 1 aromatic carbocycles. The van der Waals surface area contributed by atoms with E-state index in [9.17, 15) is 0 Å². The first-order valence-corrected chi connectivity index (χ1v) is 10.6. The minimum Gasteiger partial charge on any atom is -0.370 e. The van der Waals surface area contributed by atoms with Crippen LogP contribution in [0, 0.1) is 5.41 Å². The lowest BCUT2D eigenvalue weighted by molar-refractivity contribution is 0.164. The summed E-state index contributed by atoms with van der Waals surface area (Å²) in [6, 6.07) is 9.73. The predicted molar refractivity (Wildman–Crippen MR) is 111 cm³/mol. The fourth-order valence-corrected chi connectivity index (χ4v) is 5.82. The van der Waals surface area contributed by atoms with Crippen LogP contribution in [-0.2, 0) is 6.42 Å². The van der Waals surface area contributed by atoms with Gasteiger partial charge >= 0.3 is 0 Å². The molecule has 0 saturated heterocycles. The van der Waals surface area contributed by atoms with E-state index in [4.69, 9.17) is 0 Å². The summed E-state index contributed by atoms with van der Waals surface area (Å²) in [5.74, 6) is 1.01. The molecule has 26 heavy (non-hydrogen) atoms. The number of allylic oxidation sites excluding steroid dienone is 1. The van der Waals surface area contributed by atoms with Crippen LogP contribution < -0.4 is 10.6 Å². The van der Waals surface area contributed by atoms with Gasteiger partial charge < -0.3 is 10.6 Å². The smallest absolute Gasteiger partial charge is 0.0919 e. The summed E-state index contributed by atoms with van der Waals surface area (Å²) in [5, 5.41) is 7.38. The molecule has 1 unspecified atom stereocenters. The van der Waals surface area contributed by atoms with Crippen LogP contribution in [0.2, 0.25) is 0 Å². The SMILES string of the molecule is C=C(NC1CCCC2(CCCC2)C1)N[C@@H](C)C1=C(C)c2ccccc2C1. The van der Waals surface area contributed by atoms with Gasteiger partial charge in [0, 0.05) is 12.1 Å². The Hall–Kier alpha value is -1.70. The first-order chi connectivity index (χ1) is 12.6. The molecular formula is C24H34N2. The molecule has 1 spiro atoms. The Kier molecular flexibility index (Phi) is 4.86. The molecule has 2 heteroatoms. The van der Waals surface area contributed by atoms with Crippen LogP contribution in [0.5, 0.6) is 0 Å². The molecule has 4 rings (SSSR count). The molecule has 0 bridgehead atoms. The number of nitrogens with one attached hydrogen (secondary N) is 2. The lowest BCUT2D eigenvalue weighted by Crippen LogP contribution is -2.43. The molecule has 0 aromatic heterocycles. The Bertz CT molecular complexity index is 709. The molecule has 2 nitrogen and oxygen atoms in total. The molecule has 3 aliphatic carbocycles. The van der Waals surface area contributed by atoms with Crippen LogP contribution in [0.25, 0.3) is 5.57 Å². The third kappa shape index (κ3) is 3.43. The lowest BCUT2D eigenvalue weighted by Gasteiger charge is -2.39. The maximum atomic E-state index is 4.30. The van der Waals surface area contributed by atoms with Gasteiger partial charge in [-0.15, -0.1) is 0 Å². The van der Waals surface area contributed by atoms with E-state index in [2.05, 4.69) is 55.3 Å². The van der Waals surface area contributed by atoms with Crippen molar-refractivity contribution in [2.24, 2.45) is 5.41 Å². The molecule has 3 aliphatic rings. The molecule has 2 saturated carbocycles. The minimum atomic E-state index is 0.325. The van der Waals surface area contributed by atoms with Gasteiger partial charge in [0.15, 0.2) is 0 Å². The van der Waals surface area contributed by atoms with Crippen LogP contribution in [0.1, 0.15) is 76.3 Å². The highest BCUT2D eigenvalue weighted by Gasteiger charge is 2.38. The van der Waals surface area contributed by atoms with Gasteiger partial charge in [-0.3, -0.25) is 0 Å². The summed E-state index contributed by atoms with van der Waals surface area (Å²) in [7, 11) is 0. The van der Waals surface area contributed by atoms with E-state index in [0.717, 1.165) is 12.2 Å². The first-order valence-electron chi connectivity index (χ1n) is 10.6. The Morgan fingerprint density at radius 2 is 1.88 bits per heavy atom. The van der Waals surface area contributed by atoms with Gasteiger partial charge in [0.1, 0.15) is 0 Å². The molecule has 2 N–H and O–H groups in total. The number of benzene rings is 1. The summed E-state index contributed by atoms with van der Waals surface area (Å²) < 4.78 is 0. The maximum absolute atomic E-state index is 4.30. The molecular weight excluding hydrogens is 316 g/mol. The summed E-state index contributed by atoms with van der Waals surface area (Å²) in [5.41, 5.74) is 6.47. The van der Waals surface area contributed by atoms with E-state index in [1.165, 1.54) is 73.6 Å². The fraction of sp³-hybridized carbons (Fsp3) is 0.583. The van der Waals surface area contributed by atoms with Gasteiger partial charge in [0.05, 0.1) is 5.82 Å². The third-order valence-corrected chi connectivity index (χ3v) is 7.18. The highest BCUT2D eigenvalue weighted by Crippen LogP contribution is 2.49. The largest absolute Gasteiger partial charge is 0.370 e. The van der Waals surface area contributed by atoms with Crippen molar-refractivity contribution in [1.82, 2.24) is 10.6 Å². The zero-order chi connectivity index (χ0) is 18.1. The van der Waals surface area contributed by atoms with E-state index in [-0.39, 0.29) is 0 Å². The van der Waals surface area contributed by atoms with Gasteiger partial charge in [-0.05, 0) is 80.1 Å². The highest BCUT2D eigenvalue weighted by atomic mass is 15.1. The predicted octanol–water partition coefficient (Wildman–Crippen LogP) is 5.56. The van der Waals surface area contributed by atoms with Crippen LogP contribution in [0.4, 0.5) is 0 Å². The molecule has 0 amide bonds. The van der Waals surface area contributed by atoms with Gasteiger partial charge in [-0.25, -0.2) is 0 Å². The summed E-state index contributed by atoms with van der Waals surface area (Å²) in [4.78, 5) is 0. The number of fused-ring (bicyclic) bond motifs is 1. The number of rotatable bonds is 5. The molecule has 2 fully saturated rings.